The molecule has 0 radical (unpaired) electrons. The summed E-state index contributed by atoms with van der Waals surface area (Å²) < 4.78 is 0.841. The molecule has 21 heavy (non-hydrogen) atoms. The molecule has 0 fully saturated rings. The minimum atomic E-state index is -0.221. The summed E-state index contributed by atoms with van der Waals surface area (Å²) in [5.41, 5.74) is 0.546. The van der Waals surface area contributed by atoms with Gasteiger partial charge in [-0.3, -0.25) is 9.59 Å². The molecule has 6 heteroatoms. The van der Waals surface area contributed by atoms with Gasteiger partial charge in [0.1, 0.15) is 0 Å². The highest BCUT2D eigenvalue weighted by Crippen LogP contribution is 2.26. The Kier molecular flexibility index (Phi) is 5.56. The van der Waals surface area contributed by atoms with Crippen LogP contribution in [-0.4, -0.2) is 11.7 Å². The number of hydrogen-bond acceptors (Lipinski definition) is 3. The molecule has 2 aromatic rings. The van der Waals surface area contributed by atoms with Crippen LogP contribution in [0.25, 0.3) is 0 Å². The number of rotatable bonds is 5. The summed E-state index contributed by atoms with van der Waals surface area (Å²) in [4.78, 5) is 25.6. The van der Waals surface area contributed by atoms with E-state index in [1.54, 1.807) is 24.3 Å². The number of Topliss-reactive ketones (excluding diaryl/α,β-unsaturated/α-hetero) is 1. The van der Waals surface area contributed by atoms with Gasteiger partial charge >= 0.3 is 0 Å². The largest absolute Gasteiger partial charge is 0.325 e. The zero-order valence-electron chi connectivity index (χ0n) is 11.3. The first kappa shape index (κ1) is 16.2. The molecule has 2 rings (SSSR count). The van der Waals surface area contributed by atoms with Crippen molar-refractivity contribution in [1.29, 1.82) is 0 Å². The third-order valence-corrected chi connectivity index (χ3v) is 4.65. The number of anilines is 1. The Morgan fingerprint density at radius 1 is 1.24 bits per heavy atom. The molecule has 1 heterocycles. The van der Waals surface area contributed by atoms with Crippen molar-refractivity contribution < 1.29 is 9.59 Å². The van der Waals surface area contributed by atoms with Crippen LogP contribution >= 0.6 is 38.9 Å². The van der Waals surface area contributed by atoms with Gasteiger partial charge in [-0.2, -0.15) is 0 Å². The Morgan fingerprint density at radius 2 is 2.00 bits per heavy atom. The molecule has 0 saturated heterocycles. The Labute approximate surface area is 140 Å². The number of nitrogens with one attached hydrogen (secondary N) is 1. The van der Waals surface area contributed by atoms with Crippen LogP contribution in [-0.2, 0) is 4.79 Å². The van der Waals surface area contributed by atoms with Crippen molar-refractivity contribution in [2.24, 2.45) is 0 Å². The van der Waals surface area contributed by atoms with Crippen LogP contribution in [0.2, 0.25) is 5.02 Å². The lowest BCUT2D eigenvalue weighted by molar-refractivity contribution is -0.116. The van der Waals surface area contributed by atoms with Crippen molar-refractivity contribution in [2.45, 2.75) is 19.8 Å². The molecule has 1 aromatic heterocycles. The maximum atomic E-state index is 11.9. The van der Waals surface area contributed by atoms with E-state index in [4.69, 9.17) is 11.6 Å². The summed E-state index contributed by atoms with van der Waals surface area (Å²) in [5, 5.41) is 3.17. The van der Waals surface area contributed by atoms with Crippen molar-refractivity contribution >= 4 is 56.2 Å². The highest BCUT2D eigenvalue weighted by Gasteiger charge is 2.12. The molecule has 0 bridgehead atoms. The molecule has 0 aliphatic heterocycles. The van der Waals surface area contributed by atoms with Gasteiger partial charge in [-0.05, 0) is 37.3 Å². The smallest absolute Gasteiger partial charge is 0.224 e. The SMILES string of the molecule is Cc1ccc(C(=O)CCC(=O)Nc2ccc(Br)cc2Cl)s1. The summed E-state index contributed by atoms with van der Waals surface area (Å²) in [7, 11) is 0. The molecule has 1 N–H and O–H groups in total. The molecule has 0 atom stereocenters. The molecular formula is C15H13BrClNO2S. The molecule has 0 unspecified atom stereocenters. The fraction of sp³-hybridized carbons (Fsp3) is 0.200. The summed E-state index contributed by atoms with van der Waals surface area (Å²) >= 11 is 10.8. The van der Waals surface area contributed by atoms with Crippen molar-refractivity contribution in [1.82, 2.24) is 0 Å². The lowest BCUT2D eigenvalue weighted by atomic mass is 10.2. The molecule has 1 aromatic carbocycles. The second-order valence-corrected chi connectivity index (χ2v) is 7.12. The number of benzene rings is 1. The lowest BCUT2D eigenvalue weighted by Gasteiger charge is -2.07. The molecule has 3 nitrogen and oxygen atoms in total. The summed E-state index contributed by atoms with van der Waals surface area (Å²) in [6.45, 7) is 1.95. The number of aryl methyl sites for hydroxylation is 1. The quantitative estimate of drug-likeness (QED) is 0.729. The maximum absolute atomic E-state index is 11.9. The van der Waals surface area contributed by atoms with E-state index < -0.39 is 0 Å². The first-order valence-electron chi connectivity index (χ1n) is 6.30. The Hall–Kier alpha value is -1.17. The fourth-order valence-electron chi connectivity index (χ4n) is 1.74. The van der Waals surface area contributed by atoms with Gasteiger partial charge in [0.2, 0.25) is 5.91 Å². The maximum Gasteiger partial charge on any atom is 0.224 e. The van der Waals surface area contributed by atoms with Crippen molar-refractivity contribution in [3.8, 4) is 0 Å². The number of ketones is 1. The number of hydrogen-bond donors (Lipinski definition) is 1. The van der Waals surface area contributed by atoms with Gasteiger partial charge in [0.05, 0.1) is 15.6 Å². The van der Waals surface area contributed by atoms with Crippen LogP contribution in [0, 0.1) is 6.92 Å². The summed E-state index contributed by atoms with van der Waals surface area (Å²) in [5.74, 6) is -0.231. The van der Waals surface area contributed by atoms with E-state index in [0.717, 1.165) is 9.35 Å². The molecular weight excluding hydrogens is 374 g/mol. The third kappa shape index (κ3) is 4.66. The minimum Gasteiger partial charge on any atom is -0.325 e. The Balaban J connectivity index is 1.89. The molecule has 0 aliphatic rings. The van der Waals surface area contributed by atoms with Crippen LogP contribution in [0.4, 0.5) is 5.69 Å². The predicted octanol–water partition coefficient (Wildman–Crippen LogP) is 5.07. The number of thiophene rings is 1. The van der Waals surface area contributed by atoms with Crippen LogP contribution in [0.3, 0.4) is 0 Å². The van der Waals surface area contributed by atoms with Crippen LogP contribution in [0.5, 0.6) is 0 Å². The minimum absolute atomic E-state index is 0.00912. The van der Waals surface area contributed by atoms with E-state index in [0.29, 0.717) is 15.6 Å². The van der Waals surface area contributed by atoms with E-state index in [1.165, 1.54) is 11.3 Å². The lowest BCUT2D eigenvalue weighted by Crippen LogP contribution is -2.13. The van der Waals surface area contributed by atoms with Crippen molar-refractivity contribution in [3.63, 3.8) is 0 Å². The molecule has 110 valence electrons. The Bertz CT molecular complexity index is 684. The molecule has 0 saturated carbocycles. The fourth-order valence-corrected chi connectivity index (χ4v) is 3.29. The first-order chi connectivity index (χ1) is 9.95. The zero-order valence-corrected chi connectivity index (χ0v) is 14.4. The average Bonchev–Trinajstić information content (AvgIpc) is 2.86. The highest BCUT2D eigenvalue weighted by molar-refractivity contribution is 9.10. The number of carbonyl (C=O) groups is 2. The van der Waals surface area contributed by atoms with Gasteiger partial charge in [-0.25, -0.2) is 0 Å². The predicted molar refractivity (Wildman–Crippen MR) is 90.4 cm³/mol. The number of carbonyl (C=O) groups excluding carboxylic acids is 2. The summed E-state index contributed by atoms with van der Waals surface area (Å²) in [6.07, 6.45) is 0.335. The van der Waals surface area contributed by atoms with Crippen molar-refractivity contribution in [3.05, 3.63) is 49.6 Å². The third-order valence-electron chi connectivity index (χ3n) is 2.80. The zero-order chi connectivity index (χ0) is 15.4. The average molecular weight is 387 g/mol. The monoisotopic (exact) mass is 385 g/mol. The van der Waals surface area contributed by atoms with E-state index in [2.05, 4.69) is 21.2 Å². The van der Waals surface area contributed by atoms with Gasteiger partial charge in [0.15, 0.2) is 5.78 Å². The second kappa shape index (κ2) is 7.20. The van der Waals surface area contributed by atoms with E-state index in [9.17, 15) is 9.59 Å². The molecule has 0 spiro atoms. The van der Waals surface area contributed by atoms with Crippen LogP contribution in [0.15, 0.2) is 34.8 Å². The van der Waals surface area contributed by atoms with Gasteiger partial charge in [-0.15, -0.1) is 11.3 Å². The molecule has 0 aliphatic carbocycles. The van der Waals surface area contributed by atoms with Crippen LogP contribution in [0.1, 0.15) is 27.4 Å². The number of halogens is 2. The second-order valence-electron chi connectivity index (χ2n) is 4.51. The standard InChI is InChI=1S/C15H13BrClNO2S/c1-9-2-6-14(21-9)13(19)5-7-15(20)18-12-4-3-10(16)8-11(12)17/h2-4,6,8H,5,7H2,1H3,(H,18,20). The van der Waals surface area contributed by atoms with Gasteiger partial charge < -0.3 is 5.32 Å². The van der Waals surface area contributed by atoms with E-state index >= 15 is 0 Å². The van der Waals surface area contributed by atoms with E-state index in [-0.39, 0.29) is 24.5 Å². The van der Waals surface area contributed by atoms with Crippen LogP contribution < -0.4 is 5.32 Å². The van der Waals surface area contributed by atoms with Gasteiger partial charge in [0, 0.05) is 22.2 Å². The van der Waals surface area contributed by atoms with Gasteiger partial charge in [0.25, 0.3) is 0 Å². The first-order valence-corrected chi connectivity index (χ1v) is 8.29. The number of amides is 1. The highest BCUT2D eigenvalue weighted by atomic mass is 79.9. The topological polar surface area (TPSA) is 46.2 Å². The Morgan fingerprint density at radius 3 is 2.62 bits per heavy atom. The normalized spacial score (nSPS) is 10.4. The van der Waals surface area contributed by atoms with E-state index in [1.807, 2.05) is 13.0 Å². The van der Waals surface area contributed by atoms with Crippen molar-refractivity contribution in [2.75, 3.05) is 5.32 Å². The van der Waals surface area contributed by atoms with Gasteiger partial charge in [-0.1, -0.05) is 27.5 Å². The summed E-state index contributed by atoms with van der Waals surface area (Å²) in [6, 6.07) is 8.91. The molecule has 1 amide bonds.